The molecule has 0 atom stereocenters. The summed E-state index contributed by atoms with van der Waals surface area (Å²) < 4.78 is 31.8. The summed E-state index contributed by atoms with van der Waals surface area (Å²) in [5.41, 5.74) is 3.52. The molecule has 0 spiro atoms. The van der Waals surface area contributed by atoms with Gasteiger partial charge in [0.2, 0.25) is 5.91 Å². The van der Waals surface area contributed by atoms with Gasteiger partial charge in [-0.25, -0.2) is 8.42 Å². The van der Waals surface area contributed by atoms with Gasteiger partial charge >= 0.3 is 0 Å². The van der Waals surface area contributed by atoms with Crippen molar-refractivity contribution in [1.82, 2.24) is 14.8 Å². The quantitative estimate of drug-likeness (QED) is 0.248. The molecule has 5 aromatic rings. The molecule has 8 nitrogen and oxygen atoms in total. The molecule has 0 aliphatic heterocycles. The number of hydrogen-bond acceptors (Lipinski definition) is 5. The van der Waals surface area contributed by atoms with Crippen molar-refractivity contribution in [2.75, 3.05) is 16.2 Å². The van der Waals surface area contributed by atoms with E-state index in [9.17, 15) is 13.2 Å². The number of amides is 1. The molecule has 39 heavy (non-hydrogen) atoms. The number of carbonyl (C=O) groups excluding carboxylic acids is 1. The van der Waals surface area contributed by atoms with Crippen LogP contribution < -0.4 is 9.62 Å². The average molecular weight is 558 g/mol. The Labute approximate surface area is 232 Å². The first-order chi connectivity index (χ1) is 18.7. The molecule has 1 aromatic heterocycles. The Hall–Kier alpha value is -4.28. The van der Waals surface area contributed by atoms with Gasteiger partial charge in [-0.3, -0.25) is 14.2 Å². The van der Waals surface area contributed by atoms with Gasteiger partial charge in [-0.2, -0.15) is 5.10 Å². The molecule has 1 amide bonds. The molecule has 0 unspecified atom stereocenters. The van der Waals surface area contributed by atoms with E-state index in [2.05, 4.69) is 15.5 Å². The molecule has 0 radical (unpaired) electrons. The number of hydrogen-bond donors (Lipinski definition) is 2. The summed E-state index contributed by atoms with van der Waals surface area (Å²) in [6, 6.07) is 25.0. The molecule has 2 N–H and O–H groups in total. The number of nitrogens with zero attached hydrogens (tertiary/aromatic N) is 3. The van der Waals surface area contributed by atoms with Crippen LogP contribution in [-0.4, -0.2) is 35.6 Å². The molecule has 1 heterocycles. The average Bonchev–Trinajstić information content (AvgIpc) is 3.27. The fraction of sp³-hybridized carbons (Fsp3) is 0.138. The van der Waals surface area contributed by atoms with E-state index < -0.39 is 22.5 Å². The maximum atomic E-state index is 14.2. The van der Waals surface area contributed by atoms with Crippen molar-refractivity contribution in [3.8, 4) is 11.4 Å². The SMILES string of the molecule is Cc1cccc(N(CC(=O)Nc2ccc(-c3n[nH]c(=S)n3C)cc2)S(=O)(=O)c2cccc3ccccc23)c1C. The fourth-order valence-electron chi connectivity index (χ4n) is 4.48. The molecule has 0 saturated heterocycles. The minimum Gasteiger partial charge on any atom is -0.325 e. The maximum Gasteiger partial charge on any atom is 0.265 e. The lowest BCUT2D eigenvalue weighted by Gasteiger charge is -2.27. The number of aromatic nitrogens is 3. The van der Waals surface area contributed by atoms with Gasteiger partial charge in [0, 0.05) is 23.7 Å². The zero-order valence-corrected chi connectivity index (χ0v) is 23.3. The van der Waals surface area contributed by atoms with E-state index in [1.807, 2.05) is 57.3 Å². The number of sulfonamides is 1. The Bertz CT molecular complexity index is 1850. The highest BCUT2D eigenvalue weighted by molar-refractivity contribution is 7.93. The molecule has 5 rings (SSSR count). The van der Waals surface area contributed by atoms with Crippen LogP contribution in [0.1, 0.15) is 11.1 Å². The summed E-state index contributed by atoms with van der Waals surface area (Å²) in [6.07, 6.45) is 0. The minimum atomic E-state index is -4.10. The van der Waals surface area contributed by atoms with E-state index >= 15 is 0 Å². The number of carbonyl (C=O) groups is 1. The lowest BCUT2D eigenvalue weighted by atomic mass is 10.1. The van der Waals surface area contributed by atoms with Crippen LogP contribution in [0.4, 0.5) is 11.4 Å². The van der Waals surface area contributed by atoms with Crippen LogP contribution in [0.15, 0.2) is 89.8 Å². The third-order valence-electron chi connectivity index (χ3n) is 6.76. The Morgan fingerprint density at radius 1 is 0.974 bits per heavy atom. The first kappa shape index (κ1) is 26.3. The number of H-pyrrole nitrogens is 1. The zero-order valence-electron chi connectivity index (χ0n) is 21.7. The normalized spacial score (nSPS) is 11.5. The van der Waals surface area contributed by atoms with Gasteiger partial charge in [-0.1, -0.05) is 48.5 Å². The highest BCUT2D eigenvalue weighted by atomic mass is 32.2. The van der Waals surface area contributed by atoms with Gasteiger partial charge in [0.05, 0.1) is 10.6 Å². The van der Waals surface area contributed by atoms with Crippen molar-refractivity contribution in [2.45, 2.75) is 18.7 Å². The Morgan fingerprint density at radius 2 is 1.67 bits per heavy atom. The van der Waals surface area contributed by atoms with Crippen LogP contribution in [0, 0.1) is 18.6 Å². The van der Waals surface area contributed by atoms with E-state index in [1.54, 1.807) is 53.1 Å². The molecule has 4 aromatic carbocycles. The largest absolute Gasteiger partial charge is 0.325 e. The number of anilines is 2. The van der Waals surface area contributed by atoms with Crippen LogP contribution >= 0.6 is 12.2 Å². The molecular weight excluding hydrogens is 530 g/mol. The molecule has 0 aliphatic rings. The van der Waals surface area contributed by atoms with E-state index in [4.69, 9.17) is 12.2 Å². The summed E-state index contributed by atoms with van der Waals surface area (Å²) in [5, 5.41) is 11.2. The summed E-state index contributed by atoms with van der Waals surface area (Å²) >= 11 is 5.18. The highest BCUT2D eigenvalue weighted by Crippen LogP contribution is 2.32. The summed E-state index contributed by atoms with van der Waals surface area (Å²) in [7, 11) is -2.29. The monoisotopic (exact) mass is 557 g/mol. The molecule has 0 saturated carbocycles. The maximum absolute atomic E-state index is 14.2. The Balaban J connectivity index is 1.48. The number of benzene rings is 4. The van der Waals surface area contributed by atoms with E-state index in [1.165, 1.54) is 4.31 Å². The second-order valence-corrected chi connectivity index (χ2v) is 11.5. The third kappa shape index (κ3) is 5.08. The molecule has 198 valence electrons. The molecule has 0 bridgehead atoms. The second-order valence-electron chi connectivity index (χ2n) is 9.24. The summed E-state index contributed by atoms with van der Waals surface area (Å²) in [6.45, 7) is 3.37. The Kier molecular flexibility index (Phi) is 7.07. The minimum absolute atomic E-state index is 0.145. The molecule has 0 aliphatic carbocycles. The first-order valence-electron chi connectivity index (χ1n) is 12.3. The highest BCUT2D eigenvalue weighted by Gasteiger charge is 2.30. The van der Waals surface area contributed by atoms with Crippen molar-refractivity contribution in [1.29, 1.82) is 0 Å². The van der Waals surface area contributed by atoms with E-state index in [-0.39, 0.29) is 4.90 Å². The van der Waals surface area contributed by atoms with Crippen molar-refractivity contribution in [2.24, 2.45) is 7.05 Å². The van der Waals surface area contributed by atoms with Crippen LogP contribution in [0.2, 0.25) is 0 Å². The summed E-state index contributed by atoms with van der Waals surface area (Å²) in [5.74, 6) is 0.200. The lowest BCUT2D eigenvalue weighted by Crippen LogP contribution is -2.38. The Morgan fingerprint density at radius 3 is 2.38 bits per heavy atom. The first-order valence-corrected chi connectivity index (χ1v) is 14.1. The smallest absolute Gasteiger partial charge is 0.265 e. The zero-order chi connectivity index (χ0) is 27.7. The van der Waals surface area contributed by atoms with E-state index in [0.29, 0.717) is 27.4 Å². The van der Waals surface area contributed by atoms with Crippen LogP contribution in [0.5, 0.6) is 0 Å². The third-order valence-corrected chi connectivity index (χ3v) is 8.94. The summed E-state index contributed by atoms with van der Waals surface area (Å²) in [4.78, 5) is 13.4. The number of aryl methyl sites for hydroxylation is 1. The fourth-order valence-corrected chi connectivity index (χ4v) is 6.31. The van der Waals surface area contributed by atoms with Crippen molar-refractivity contribution in [3.05, 3.63) is 101 Å². The number of aromatic amines is 1. The molecule has 0 fully saturated rings. The van der Waals surface area contributed by atoms with Crippen LogP contribution in [-0.2, 0) is 21.9 Å². The van der Waals surface area contributed by atoms with Crippen LogP contribution in [0.3, 0.4) is 0 Å². The van der Waals surface area contributed by atoms with E-state index in [0.717, 1.165) is 22.1 Å². The van der Waals surface area contributed by atoms with Gasteiger partial charge in [0.15, 0.2) is 10.6 Å². The van der Waals surface area contributed by atoms with Gasteiger partial charge in [-0.05, 0) is 79.0 Å². The molecule has 10 heteroatoms. The standard InChI is InChI=1S/C29H27N5O3S2/c1-19-8-6-12-25(20(19)2)34(39(36,37)26-13-7-10-21-9-4-5-11-24(21)26)18-27(35)30-23-16-14-22(15-17-23)28-31-32-29(38)33(28)3/h4-17H,18H2,1-3H3,(H,30,35)(H,32,38). The topological polar surface area (TPSA) is 100 Å². The number of fused-ring (bicyclic) bond motifs is 1. The molecular formula is C29H27N5O3S2. The van der Waals surface area contributed by atoms with Gasteiger partial charge in [0.25, 0.3) is 10.0 Å². The van der Waals surface area contributed by atoms with Gasteiger partial charge in [0.1, 0.15) is 6.54 Å². The number of nitrogens with one attached hydrogen (secondary N) is 2. The predicted octanol–water partition coefficient (Wildman–Crippen LogP) is 5.75. The lowest BCUT2D eigenvalue weighted by molar-refractivity contribution is -0.114. The van der Waals surface area contributed by atoms with Crippen molar-refractivity contribution >= 4 is 50.3 Å². The number of rotatable bonds is 7. The van der Waals surface area contributed by atoms with Gasteiger partial charge < -0.3 is 9.88 Å². The van der Waals surface area contributed by atoms with Crippen molar-refractivity contribution < 1.29 is 13.2 Å². The predicted molar refractivity (Wildman–Crippen MR) is 157 cm³/mol. The van der Waals surface area contributed by atoms with Crippen LogP contribution in [0.25, 0.3) is 22.2 Å². The van der Waals surface area contributed by atoms with Gasteiger partial charge in [-0.15, -0.1) is 0 Å². The van der Waals surface area contributed by atoms with Crippen molar-refractivity contribution in [3.63, 3.8) is 0 Å². The second kappa shape index (κ2) is 10.5.